The SMILES string of the molecule is O=C(C=CC=CC=Cc1ccccc1)c1ccccn1. The summed E-state index contributed by atoms with van der Waals surface area (Å²) in [5, 5.41) is 0. The van der Waals surface area contributed by atoms with E-state index in [0.29, 0.717) is 5.69 Å². The highest BCUT2D eigenvalue weighted by atomic mass is 16.1. The van der Waals surface area contributed by atoms with Crippen LogP contribution in [0.3, 0.4) is 0 Å². The predicted octanol–water partition coefficient (Wildman–Crippen LogP) is 4.09. The molecule has 1 aromatic heterocycles. The lowest BCUT2D eigenvalue weighted by atomic mass is 10.2. The first-order valence-electron chi connectivity index (χ1n) is 6.38. The van der Waals surface area contributed by atoms with Crippen LogP contribution >= 0.6 is 0 Å². The van der Waals surface area contributed by atoms with Gasteiger partial charge in [-0.05, 0) is 23.8 Å². The van der Waals surface area contributed by atoms with E-state index >= 15 is 0 Å². The second-order valence-electron chi connectivity index (χ2n) is 4.09. The lowest BCUT2D eigenvalue weighted by Crippen LogP contribution is -1.96. The van der Waals surface area contributed by atoms with Gasteiger partial charge in [0.15, 0.2) is 0 Å². The molecule has 2 rings (SSSR count). The number of allylic oxidation sites excluding steroid dienone is 5. The van der Waals surface area contributed by atoms with Crippen molar-refractivity contribution in [2.24, 2.45) is 0 Å². The third-order valence-electron chi connectivity index (χ3n) is 2.59. The number of ketones is 1. The summed E-state index contributed by atoms with van der Waals surface area (Å²) in [6.45, 7) is 0. The average Bonchev–Trinajstić information content (AvgIpc) is 2.52. The Labute approximate surface area is 118 Å². The van der Waals surface area contributed by atoms with Gasteiger partial charge in [0.05, 0.1) is 0 Å². The molecule has 0 aliphatic rings. The molecule has 1 aromatic carbocycles. The summed E-state index contributed by atoms with van der Waals surface area (Å²) >= 11 is 0. The Morgan fingerprint density at radius 2 is 1.60 bits per heavy atom. The third-order valence-corrected chi connectivity index (χ3v) is 2.59. The molecular weight excluding hydrogens is 246 g/mol. The van der Waals surface area contributed by atoms with Crippen LogP contribution < -0.4 is 0 Å². The molecule has 2 nitrogen and oxygen atoms in total. The number of hydrogen-bond acceptors (Lipinski definition) is 2. The zero-order valence-electron chi connectivity index (χ0n) is 11.0. The Hall–Kier alpha value is -2.74. The van der Waals surface area contributed by atoms with Crippen LogP contribution in [0.15, 0.2) is 85.1 Å². The monoisotopic (exact) mass is 261 g/mol. The summed E-state index contributed by atoms with van der Waals surface area (Å²) in [5.41, 5.74) is 1.60. The van der Waals surface area contributed by atoms with Crippen molar-refractivity contribution in [1.82, 2.24) is 4.98 Å². The quantitative estimate of drug-likeness (QED) is 0.461. The van der Waals surface area contributed by atoms with Crippen LogP contribution in [0.4, 0.5) is 0 Å². The van der Waals surface area contributed by atoms with Gasteiger partial charge in [-0.25, -0.2) is 0 Å². The fourth-order valence-corrected chi connectivity index (χ4v) is 1.60. The summed E-state index contributed by atoms with van der Waals surface area (Å²) in [6.07, 6.45) is 12.5. The van der Waals surface area contributed by atoms with Crippen LogP contribution in [0.25, 0.3) is 6.08 Å². The molecule has 0 N–H and O–H groups in total. The number of carbonyl (C=O) groups excluding carboxylic acids is 1. The van der Waals surface area contributed by atoms with Crippen LogP contribution in [0.1, 0.15) is 16.1 Å². The van der Waals surface area contributed by atoms with E-state index < -0.39 is 0 Å². The van der Waals surface area contributed by atoms with Gasteiger partial charge < -0.3 is 0 Å². The number of rotatable bonds is 5. The van der Waals surface area contributed by atoms with Crippen molar-refractivity contribution in [3.05, 3.63) is 96.4 Å². The minimum Gasteiger partial charge on any atom is -0.288 e. The Balaban J connectivity index is 1.86. The Bertz CT molecular complexity index is 625. The first kappa shape index (κ1) is 13.7. The fraction of sp³-hybridized carbons (Fsp3) is 0. The van der Waals surface area contributed by atoms with Crippen molar-refractivity contribution in [3.63, 3.8) is 0 Å². The van der Waals surface area contributed by atoms with Crippen molar-refractivity contribution in [3.8, 4) is 0 Å². The van der Waals surface area contributed by atoms with E-state index in [1.54, 1.807) is 30.5 Å². The molecule has 0 radical (unpaired) electrons. The maximum atomic E-state index is 11.7. The lowest BCUT2D eigenvalue weighted by Gasteiger charge is -1.91. The molecule has 0 atom stereocenters. The van der Waals surface area contributed by atoms with Crippen LogP contribution in [0.2, 0.25) is 0 Å². The van der Waals surface area contributed by atoms with Gasteiger partial charge in [-0.15, -0.1) is 0 Å². The average molecular weight is 261 g/mol. The molecule has 0 fully saturated rings. The van der Waals surface area contributed by atoms with Crippen LogP contribution in [-0.4, -0.2) is 10.8 Å². The third kappa shape index (κ3) is 4.50. The van der Waals surface area contributed by atoms with Gasteiger partial charge in [-0.3, -0.25) is 9.78 Å². The van der Waals surface area contributed by atoms with Crippen molar-refractivity contribution < 1.29 is 4.79 Å². The van der Waals surface area contributed by atoms with Crippen LogP contribution in [0.5, 0.6) is 0 Å². The molecule has 0 bridgehead atoms. The van der Waals surface area contributed by atoms with E-state index in [9.17, 15) is 4.79 Å². The maximum absolute atomic E-state index is 11.7. The Kier molecular flexibility index (Phi) is 5.23. The van der Waals surface area contributed by atoms with Crippen molar-refractivity contribution in [1.29, 1.82) is 0 Å². The van der Waals surface area contributed by atoms with E-state index in [2.05, 4.69) is 4.98 Å². The fourth-order valence-electron chi connectivity index (χ4n) is 1.60. The number of carbonyl (C=O) groups is 1. The number of benzene rings is 1. The molecule has 0 aliphatic carbocycles. The highest BCUT2D eigenvalue weighted by Gasteiger charge is 1.99. The van der Waals surface area contributed by atoms with Gasteiger partial charge in [-0.2, -0.15) is 0 Å². The smallest absolute Gasteiger partial charge is 0.204 e. The molecule has 0 amide bonds. The number of aromatic nitrogens is 1. The zero-order valence-corrected chi connectivity index (χ0v) is 11.0. The largest absolute Gasteiger partial charge is 0.288 e. The summed E-state index contributed by atoms with van der Waals surface area (Å²) in [6, 6.07) is 15.3. The first-order valence-corrected chi connectivity index (χ1v) is 6.38. The van der Waals surface area contributed by atoms with E-state index in [4.69, 9.17) is 0 Å². The topological polar surface area (TPSA) is 30.0 Å². The minimum absolute atomic E-state index is 0.0951. The molecule has 0 aliphatic heterocycles. The zero-order chi connectivity index (χ0) is 14.0. The van der Waals surface area contributed by atoms with Gasteiger partial charge >= 0.3 is 0 Å². The predicted molar refractivity (Wildman–Crippen MR) is 82.3 cm³/mol. The lowest BCUT2D eigenvalue weighted by molar-refractivity contribution is 0.104. The Morgan fingerprint density at radius 1 is 0.850 bits per heavy atom. The second-order valence-corrected chi connectivity index (χ2v) is 4.09. The highest BCUT2D eigenvalue weighted by Crippen LogP contribution is 2.01. The number of hydrogen-bond donors (Lipinski definition) is 0. The van der Waals surface area contributed by atoms with E-state index in [-0.39, 0.29) is 5.78 Å². The first-order chi connectivity index (χ1) is 9.86. The molecule has 98 valence electrons. The molecule has 20 heavy (non-hydrogen) atoms. The summed E-state index contributed by atoms with van der Waals surface area (Å²) in [5.74, 6) is -0.0951. The minimum atomic E-state index is -0.0951. The number of pyridine rings is 1. The summed E-state index contributed by atoms with van der Waals surface area (Å²) < 4.78 is 0. The van der Waals surface area contributed by atoms with Gasteiger partial charge in [0.25, 0.3) is 0 Å². The molecule has 2 aromatic rings. The normalized spacial score (nSPS) is 11.6. The number of nitrogens with zero attached hydrogens (tertiary/aromatic N) is 1. The summed E-state index contributed by atoms with van der Waals surface area (Å²) in [7, 11) is 0. The second kappa shape index (κ2) is 7.64. The molecule has 0 spiro atoms. The van der Waals surface area contributed by atoms with Crippen molar-refractivity contribution >= 4 is 11.9 Å². The summed E-state index contributed by atoms with van der Waals surface area (Å²) in [4.78, 5) is 15.7. The molecule has 1 heterocycles. The maximum Gasteiger partial charge on any atom is 0.204 e. The molecular formula is C18H15NO. The van der Waals surface area contributed by atoms with E-state index in [1.807, 2.05) is 54.6 Å². The van der Waals surface area contributed by atoms with Gasteiger partial charge in [-0.1, -0.05) is 66.8 Å². The van der Waals surface area contributed by atoms with Gasteiger partial charge in [0, 0.05) is 6.20 Å². The van der Waals surface area contributed by atoms with Gasteiger partial charge in [0.2, 0.25) is 5.78 Å². The van der Waals surface area contributed by atoms with Crippen molar-refractivity contribution in [2.45, 2.75) is 0 Å². The van der Waals surface area contributed by atoms with Gasteiger partial charge in [0.1, 0.15) is 5.69 Å². The van der Waals surface area contributed by atoms with Crippen molar-refractivity contribution in [2.75, 3.05) is 0 Å². The molecule has 2 heteroatoms. The molecule has 0 saturated heterocycles. The Morgan fingerprint density at radius 3 is 2.35 bits per heavy atom. The highest BCUT2D eigenvalue weighted by molar-refractivity contribution is 6.03. The standard InChI is InChI=1S/C18H15NO/c20-18(17-13-8-9-15-19-17)14-7-2-1-4-10-16-11-5-3-6-12-16/h1-15H. The van der Waals surface area contributed by atoms with E-state index in [0.717, 1.165) is 5.56 Å². The van der Waals surface area contributed by atoms with E-state index in [1.165, 1.54) is 6.08 Å². The van der Waals surface area contributed by atoms with Crippen LogP contribution in [0, 0.1) is 0 Å². The molecule has 0 unspecified atom stereocenters. The van der Waals surface area contributed by atoms with Crippen LogP contribution in [-0.2, 0) is 0 Å². The molecule has 0 saturated carbocycles.